The summed E-state index contributed by atoms with van der Waals surface area (Å²) >= 11 is 0. The summed E-state index contributed by atoms with van der Waals surface area (Å²) in [7, 11) is 0. The van der Waals surface area contributed by atoms with Crippen LogP contribution in [0.3, 0.4) is 0 Å². The molecule has 1 aromatic rings. The predicted octanol–water partition coefficient (Wildman–Crippen LogP) is 4.40. The maximum Gasteiger partial charge on any atom is 0.0136 e. The number of hydrogen-bond donors (Lipinski definition) is 1. The van der Waals surface area contributed by atoms with Crippen LogP contribution in [0.5, 0.6) is 0 Å². The van der Waals surface area contributed by atoms with Gasteiger partial charge >= 0.3 is 0 Å². The van der Waals surface area contributed by atoms with Gasteiger partial charge in [0.15, 0.2) is 0 Å². The van der Waals surface area contributed by atoms with Crippen LogP contribution in [0, 0.1) is 19.8 Å². The van der Waals surface area contributed by atoms with E-state index in [1.165, 1.54) is 55.2 Å². The van der Waals surface area contributed by atoms with E-state index in [1.54, 1.807) is 0 Å². The van der Waals surface area contributed by atoms with Gasteiger partial charge in [-0.1, -0.05) is 38.0 Å². The molecule has 1 nitrogen and oxygen atoms in total. The van der Waals surface area contributed by atoms with E-state index < -0.39 is 0 Å². The highest BCUT2D eigenvalue weighted by atomic mass is 14.9. The Hall–Kier alpha value is -0.820. The Morgan fingerprint density at radius 1 is 1.16 bits per heavy atom. The topological polar surface area (TPSA) is 12.0 Å². The smallest absolute Gasteiger partial charge is 0.0136 e. The molecule has 0 spiro atoms. The molecule has 1 N–H and O–H groups in total. The first-order valence-corrected chi connectivity index (χ1v) is 8.00. The highest BCUT2D eigenvalue weighted by Gasteiger charge is 2.24. The summed E-state index contributed by atoms with van der Waals surface area (Å²) in [6, 6.07) is 7.66. The summed E-state index contributed by atoms with van der Waals surface area (Å²) in [6.45, 7) is 7.84. The van der Waals surface area contributed by atoms with E-state index in [2.05, 4.69) is 44.3 Å². The molecule has 0 saturated heterocycles. The van der Waals surface area contributed by atoms with Crippen molar-refractivity contribution in [1.29, 1.82) is 0 Å². The summed E-state index contributed by atoms with van der Waals surface area (Å²) in [5.41, 5.74) is 4.34. The van der Waals surface area contributed by atoms with E-state index in [9.17, 15) is 0 Å². The molecule has 1 aliphatic rings. The van der Waals surface area contributed by atoms with Crippen molar-refractivity contribution in [2.75, 3.05) is 6.54 Å². The molecule has 1 aliphatic carbocycles. The molecular formula is C18H29N. The Morgan fingerprint density at radius 2 is 1.89 bits per heavy atom. The third kappa shape index (κ3) is 4.07. The molecule has 1 aromatic carbocycles. The molecule has 0 bridgehead atoms. The summed E-state index contributed by atoms with van der Waals surface area (Å²) in [4.78, 5) is 0. The second-order valence-electron chi connectivity index (χ2n) is 6.23. The van der Waals surface area contributed by atoms with Crippen LogP contribution >= 0.6 is 0 Å². The first kappa shape index (κ1) is 14.6. The minimum absolute atomic E-state index is 0.685. The summed E-state index contributed by atoms with van der Waals surface area (Å²) in [5, 5.41) is 3.79. The van der Waals surface area contributed by atoms with Gasteiger partial charge in [-0.2, -0.15) is 0 Å². The van der Waals surface area contributed by atoms with Gasteiger partial charge < -0.3 is 5.32 Å². The van der Waals surface area contributed by atoms with E-state index >= 15 is 0 Å². The van der Waals surface area contributed by atoms with Crippen molar-refractivity contribution in [3.05, 3.63) is 34.9 Å². The van der Waals surface area contributed by atoms with Gasteiger partial charge in [0.05, 0.1) is 0 Å². The largest absolute Gasteiger partial charge is 0.313 e. The van der Waals surface area contributed by atoms with Gasteiger partial charge in [0, 0.05) is 6.04 Å². The lowest BCUT2D eigenvalue weighted by molar-refractivity contribution is 0.356. The Kier molecular flexibility index (Phi) is 5.45. The maximum absolute atomic E-state index is 3.79. The van der Waals surface area contributed by atoms with Crippen LogP contribution in [0.1, 0.15) is 55.7 Å². The van der Waals surface area contributed by atoms with E-state index in [1.807, 2.05) is 0 Å². The van der Waals surface area contributed by atoms with Crippen LogP contribution in [0.25, 0.3) is 0 Å². The number of rotatable bonds is 6. The van der Waals surface area contributed by atoms with Crippen molar-refractivity contribution in [3.8, 4) is 0 Å². The number of aryl methyl sites for hydroxylation is 2. The van der Waals surface area contributed by atoms with Crippen molar-refractivity contribution in [2.45, 2.75) is 65.3 Å². The van der Waals surface area contributed by atoms with E-state index in [4.69, 9.17) is 0 Å². The van der Waals surface area contributed by atoms with Crippen LogP contribution in [0.15, 0.2) is 18.2 Å². The molecule has 2 rings (SSSR count). The molecule has 0 radical (unpaired) electrons. The van der Waals surface area contributed by atoms with Crippen molar-refractivity contribution >= 4 is 0 Å². The van der Waals surface area contributed by atoms with Gasteiger partial charge in [0.1, 0.15) is 0 Å². The fraction of sp³-hybridized carbons (Fsp3) is 0.667. The Labute approximate surface area is 118 Å². The van der Waals surface area contributed by atoms with Crippen LogP contribution in [-0.2, 0) is 6.42 Å². The standard InChI is InChI=1S/C18H29N/c1-4-11-19-18(17-7-5-6-8-17)13-16-10-9-14(2)15(3)12-16/h9-10,12,17-19H,4-8,11,13H2,1-3H3. The molecule has 19 heavy (non-hydrogen) atoms. The van der Waals surface area contributed by atoms with Gasteiger partial charge in [0.2, 0.25) is 0 Å². The second-order valence-corrected chi connectivity index (χ2v) is 6.23. The lowest BCUT2D eigenvalue weighted by Gasteiger charge is -2.25. The van der Waals surface area contributed by atoms with E-state index in [0.717, 1.165) is 12.5 Å². The summed E-state index contributed by atoms with van der Waals surface area (Å²) in [5.74, 6) is 0.896. The predicted molar refractivity (Wildman–Crippen MR) is 83.7 cm³/mol. The molecule has 0 aromatic heterocycles. The molecule has 1 unspecified atom stereocenters. The van der Waals surface area contributed by atoms with Gasteiger partial charge in [-0.05, 0) is 68.7 Å². The first-order valence-electron chi connectivity index (χ1n) is 8.00. The molecule has 1 fully saturated rings. The number of benzene rings is 1. The van der Waals surface area contributed by atoms with Crippen molar-refractivity contribution in [1.82, 2.24) is 5.32 Å². The average molecular weight is 259 g/mol. The lowest BCUT2D eigenvalue weighted by Crippen LogP contribution is -2.37. The lowest BCUT2D eigenvalue weighted by atomic mass is 9.91. The second kappa shape index (κ2) is 7.09. The first-order chi connectivity index (χ1) is 9.20. The quantitative estimate of drug-likeness (QED) is 0.798. The molecule has 0 amide bonds. The van der Waals surface area contributed by atoms with Crippen LogP contribution in [-0.4, -0.2) is 12.6 Å². The molecule has 1 saturated carbocycles. The zero-order chi connectivity index (χ0) is 13.7. The number of hydrogen-bond acceptors (Lipinski definition) is 1. The Bertz CT molecular complexity index is 391. The third-order valence-electron chi connectivity index (χ3n) is 4.65. The Balaban J connectivity index is 2.03. The molecule has 106 valence electrons. The van der Waals surface area contributed by atoms with E-state index in [0.29, 0.717) is 6.04 Å². The van der Waals surface area contributed by atoms with Crippen LogP contribution in [0.4, 0.5) is 0 Å². The molecule has 1 atom stereocenters. The molecule has 0 heterocycles. The molecule has 0 aliphatic heterocycles. The summed E-state index contributed by atoms with van der Waals surface area (Å²) < 4.78 is 0. The zero-order valence-corrected chi connectivity index (χ0v) is 12.8. The maximum atomic E-state index is 3.79. The Morgan fingerprint density at radius 3 is 2.53 bits per heavy atom. The highest BCUT2D eigenvalue weighted by Crippen LogP contribution is 2.29. The van der Waals surface area contributed by atoms with Gasteiger partial charge in [0.25, 0.3) is 0 Å². The molecule has 1 heteroatoms. The minimum Gasteiger partial charge on any atom is -0.313 e. The van der Waals surface area contributed by atoms with Gasteiger partial charge in [-0.15, -0.1) is 0 Å². The van der Waals surface area contributed by atoms with Crippen molar-refractivity contribution in [3.63, 3.8) is 0 Å². The van der Waals surface area contributed by atoms with Crippen molar-refractivity contribution in [2.24, 2.45) is 5.92 Å². The van der Waals surface area contributed by atoms with Gasteiger partial charge in [-0.25, -0.2) is 0 Å². The zero-order valence-electron chi connectivity index (χ0n) is 12.8. The fourth-order valence-corrected chi connectivity index (χ4v) is 3.28. The third-order valence-corrected chi connectivity index (χ3v) is 4.65. The van der Waals surface area contributed by atoms with Crippen LogP contribution < -0.4 is 5.32 Å². The van der Waals surface area contributed by atoms with Gasteiger partial charge in [-0.3, -0.25) is 0 Å². The average Bonchev–Trinajstić information content (AvgIpc) is 2.92. The monoisotopic (exact) mass is 259 g/mol. The van der Waals surface area contributed by atoms with E-state index in [-0.39, 0.29) is 0 Å². The van der Waals surface area contributed by atoms with Crippen LogP contribution in [0.2, 0.25) is 0 Å². The van der Waals surface area contributed by atoms with Crippen molar-refractivity contribution < 1.29 is 0 Å². The number of nitrogens with one attached hydrogen (secondary N) is 1. The minimum atomic E-state index is 0.685. The fourth-order valence-electron chi connectivity index (χ4n) is 3.28. The highest BCUT2D eigenvalue weighted by molar-refractivity contribution is 5.30. The molecular weight excluding hydrogens is 230 g/mol. The summed E-state index contributed by atoms with van der Waals surface area (Å²) in [6.07, 6.45) is 8.14. The SMILES string of the molecule is CCCNC(Cc1ccc(C)c(C)c1)C1CCCC1. The normalized spacial score (nSPS) is 17.8.